The molecule has 0 radical (unpaired) electrons. The van der Waals surface area contributed by atoms with E-state index in [1.807, 2.05) is 30.3 Å². The van der Waals surface area contributed by atoms with Gasteiger partial charge in [0.25, 0.3) is 0 Å². The molecule has 9 heteroatoms. The molecule has 3 rings (SSSR count). The van der Waals surface area contributed by atoms with Crippen LogP contribution in [-0.4, -0.2) is 44.4 Å². The van der Waals surface area contributed by atoms with E-state index in [0.717, 1.165) is 16.9 Å². The topological polar surface area (TPSA) is 111 Å². The summed E-state index contributed by atoms with van der Waals surface area (Å²) in [5.41, 5.74) is 1.59. The van der Waals surface area contributed by atoms with Gasteiger partial charge in [0, 0.05) is 5.75 Å². The third-order valence-electron chi connectivity index (χ3n) is 3.25. The van der Waals surface area contributed by atoms with E-state index < -0.39 is 6.04 Å². The molecule has 2 heterocycles. The number of benzene rings is 1. The van der Waals surface area contributed by atoms with Crippen LogP contribution in [0.2, 0.25) is 0 Å². The molecule has 0 atom stereocenters. The van der Waals surface area contributed by atoms with E-state index in [-0.39, 0.29) is 18.1 Å². The molecular weight excluding hydrogens is 348 g/mol. The fourth-order valence-electron chi connectivity index (χ4n) is 2.05. The van der Waals surface area contributed by atoms with Gasteiger partial charge in [0.15, 0.2) is 16.6 Å². The number of thiazole rings is 1. The molecule has 0 bridgehead atoms. The van der Waals surface area contributed by atoms with Gasteiger partial charge < -0.3 is 15.5 Å². The SMILES string of the molecule is O=c1[nH]c2nc(SCc3ccccc3)nc(NC(CO)CO)c2s1. The molecule has 24 heavy (non-hydrogen) atoms. The number of hydrogen-bond acceptors (Lipinski definition) is 8. The molecule has 126 valence electrons. The predicted octanol–water partition coefficient (Wildman–Crippen LogP) is 1.44. The highest BCUT2D eigenvalue weighted by atomic mass is 32.2. The minimum absolute atomic E-state index is 0.225. The van der Waals surface area contributed by atoms with Gasteiger partial charge in [-0.2, -0.15) is 0 Å². The van der Waals surface area contributed by atoms with Gasteiger partial charge in [-0.25, -0.2) is 9.97 Å². The molecule has 0 aliphatic heterocycles. The molecule has 0 unspecified atom stereocenters. The van der Waals surface area contributed by atoms with Crippen LogP contribution < -0.4 is 10.2 Å². The molecule has 2 aromatic heterocycles. The van der Waals surface area contributed by atoms with Crippen LogP contribution in [0.4, 0.5) is 5.82 Å². The zero-order valence-corrected chi connectivity index (χ0v) is 14.2. The minimum Gasteiger partial charge on any atom is -0.394 e. The number of hydrogen-bond donors (Lipinski definition) is 4. The average molecular weight is 364 g/mol. The van der Waals surface area contributed by atoms with Crippen molar-refractivity contribution in [2.75, 3.05) is 18.5 Å². The number of aliphatic hydroxyl groups is 2. The van der Waals surface area contributed by atoms with E-state index in [1.54, 1.807) is 0 Å². The van der Waals surface area contributed by atoms with Crippen molar-refractivity contribution in [1.82, 2.24) is 15.0 Å². The molecule has 0 spiro atoms. The summed E-state index contributed by atoms with van der Waals surface area (Å²) in [4.78, 5) is 22.9. The second kappa shape index (κ2) is 7.75. The van der Waals surface area contributed by atoms with E-state index in [0.29, 0.717) is 27.1 Å². The van der Waals surface area contributed by atoms with E-state index in [9.17, 15) is 15.0 Å². The Bertz CT molecular complexity index is 862. The van der Waals surface area contributed by atoms with Crippen molar-refractivity contribution >= 4 is 39.3 Å². The van der Waals surface area contributed by atoms with E-state index >= 15 is 0 Å². The number of nitrogens with zero attached hydrogens (tertiary/aromatic N) is 2. The quantitative estimate of drug-likeness (QED) is 0.371. The van der Waals surface area contributed by atoms with Crippen molar-refractivity contribution in [3.8, 4) is 0 Å². The van der Waals surface area contributed by atoms with Crippen LogP contribution in [0.5, 0.6) is 0 Å². The lowest BCUT2D eigenvalue weighted by molar-refractivity contribution is 0.203. The molecular formula is C15H16N4O3S2. The van der Waals surface area contributed by atoms with Crippen LogP contribution >= 0.6 is 23.1 Å². The Kier molecular flexibility index (Phi) is 5.46. The van der Waals surface area contributed by atoms with Crippen molar-refractivity contribution in [2.24, 2.45) is 0 Å². The maximum atomic E-state index is 11.6. The summed E-state index contributed by atoms with van der Waals surface area (Å²) in [5, 5.41) is 22.0. The average Bonchev–Trinajstić information content (AvgIpc) is 2.99. The molecule has 3 aromatic rings. The Balaban J connectivity index is 1.89. The number of aromatic amines is 1. The van der Waals surface area contributed by atoms with Crippen molar-refractivity contribution in [3.63, 3.8) is 0 Å². The third kappa shape index (κ3) is 3.93. The zero-order valence-electron chi connectivity index (χ0n) is 12.6. The van der Waals surface area contributed by atoms with Crippen molar-refractivity contribution in [2.45, 2.75) is 17.0 Å². The Labute approximate surface area is 145 Å². The summed E-state index contributed by atoms with van der Waals surface area (Å²) in [6.45, 7) is -0.485. The summed E-state index contributed by atoms with van der Waals surface area (Å²) in [5.74, 6) is 1.14. The maximum absolute atomic E-state index is 11.6. The summed E-state index contributed by atoms with van der Waals surface area (Å²) >= 11 is 2.44. The van der Waals surface area contributed by atoms with Gasteiger partial charge in [0.1, 0.15) is 4.70 Å². The van der Waals surface area contributed by atoms with Crippen LogP contribution in [0.3, 0.4) is 0 Å². The number of fused-ring (bicyclic) bond motifs is 1. The first kappa shape index (κ1) is 16.9. The number of aromatic nitrogens is 3. The molecule has 4 N–H and O–H groups in total. The lowest BCUT2D eigenvalue weighted by Gasteiger charge is -2.14. The Morgan fingerprint density at radius 3 is 2.67 bits per heavy atom. The second-order valence-corrected chi connectivity index (χ2v) is 6.95. The van der Waals surface area contributed by atoms with E-state index in [1.165, 1.54) is 11.8 Å². The van der Waals surface area contributed by atoms with Gasteiger partial charge in [-0.05, 0) is 5.56 Å². The second-order valence-electron chi connectivity index (χ2n) is 5.03. The monoisotopic (exact) mass is 364 g/mol. The maximum Gasteiger partial charge on any atom is 0.306 e. The van der Waals surface area contributed by atoms with Crippen LogP contribution in [0.15, 0.2) is 40.3 Å². The molecule has 0 amide bonds. The standard InChI is InChI=1S/C15H16N4O3S2/c20-6-10(7-21)16-12-11-13(19-15(22)24-11)18-14(17-12)23-8-9-4-2-1-3-5-9/h1-5,10,20-21H,6-8H2,(H2,16,17,18,19,22). The number of nitrogens with one attached hydrogen (secondary N) is 2. The number of rotatable bonds is 7. The molecule has 0 aliphatic rings. The molecule has 0 saturated carbocycles. The zero-order chi connectivity index (χ0) is 16.9. The fourth-order valence-corrected chi connectivity index (χ4v) is 3.58. The highest BCUT2D eigenvalue weighted by Gasteiger charge is 2.15. The lowest BCUT2D eigenvalue weighted by Crippen LogP contribution is -2.28. The lowest BCUT2D eigenvalue weighted by atomic mass is 10.2. The number of anilines is 1. The van der Waals surface area contributed by atoms with Crippen LogP contribution in [0.25, 0.3) is 10.3 Å². The van der Waals surface area contributed by atoms with E-state index in [2.05, 4.69) is 20.3 Å². The normalized spacial score (nSPS) is 11.3. The Morgan fingerprint density at radius 1 is 1.21 bits per heavy atom. The van der Waals surface area contributed by atoms with Crippen molar-refractivity contribution in [1.29, 1.82) is 0 Å². The number of aliphatic hydroxyl groups excluding tert-OH is 2. The highest BCUT2D eigenvalue weighted by Crippen LogP contribution is 2.27. The molecule has 1 aromatic carbocycles. The smallest absolute Gasteiger partial charge is 0.306 e. The first-order chi connectivity index (χ1) is 11.7. The molecule has 0 fully saturated rings. The van der Waals surface area contributed by atoms with E-state index in [4.69, 9.17) is 0 Å². The van der Waals surface area contributed by atoms with Gasteiger partial charge in [-0.3, -0.25) is 9.78 Å². The molecule has 7 nitrogen and oxygen atoms in total. The molecule has 0 saturated heterocycles. The van der Waals surface area contributed by atoms with Crippen LogP contribution in [-0.2, 0) is 5.75 Å². The largest absolute Gasteiger partial charge is 0.394 e. The van der Waals surface area contributed by atoms with Gasteiger partial charge >= 0.3 is 4.87 Å². The Hall–Kier alpha value is -1.94. The number of thioether (sulfide) groups is 1. The fraction of sp³-hybridized carbons (Fsp3) is 0.267. The summed E-state index contributed by atoms with van der Waals surface area (Å²) in [7, 11) is 0. The number of H-pyrrole nitrogens is 1. The van der Waals surface area contributed by atoms with Gasteiger partial charge in [-0.15, -0.1) is 0 Å². The first-order valence-corrected chi connectivity index (χ1v) is 9.05. The summed E-state index contributed by atoms with van der Waals surface area (Å²) in [6, 6.07) is 9.38. The van der Waals surface area contributed by atoms with Gasteiger partial charge in [-0.1, -0.05) is 53.4 Å². The predicted molar refractivity (Wildman–Crippen MR) is 95.6 cm³/mol. The van der Waals surface area contributed by atoms with Crippen LogP contribution in [0, 0.1) is 0 Å². The van der Waals surface area contributed by atoms with Gasteiger partial charge in [0.2, 0.25) is 0 Å². The highest BCUT2D eigenvalue weighted by molar-refractivity contribution is 7.98. The van der Waals surface area contributed by atoms with Crippen molar-refractivity contribution < 1.29 is 10.2 Å². The van der Waals surface area contributed by atoms with Crippen molar-refractivity contribution in [3.05, 3.63) is 45.6 Å². The summed E-state index contributed by atoms with van der Waals surface area (Å²) < 4.78 is 0.580. The van der Waals surface area contributed by atoms with Crippen LogP contribution in [0.1, 0.15) is 5.56 Å². The molecule has 0 aliphatic carbocycles. The minimum atomic E-state index is -0.549. The summed E-state index contributed by atoms with van der Waals surface area (Å²) in [6.07, 6.45) is 0. The third-order valence-corrected chi connectivity index (χ3v) is 5.05. The first-order valence-electron chi connectivity index (χ1n) is 7.25. The Morgan fingerprint density at radius 2 is 1.96 bits per heavy atom. The van der Waals surface area contributed by atoms with Gasteiger partial charge in [0.05, 0.1) is 19.3 Å².